The molecule has 0 amide bonds. The largest absolute Gasteiger partial charge is 1.00 e. The fourth-order valence-electron chi connectivity index (χ4n) is 0.583. The summed E-state index contributed by atoms with van der Waals surface area (Å²) in [5.41, 5.74) is 0.0494. The molecule has 0 aromatic heterocycles. The second-order valence-electron chi connectivity index (χ2n) is 3.11. The molecule has 0 aliphatic heterocycles. The first-order valence-corrected chi connectivity index (χ1v) is 5.39. The summed E-state index contributed by atoms with van der Waals surface area (Å²) in [5, 5.41) is 0. The molecule has 1 unspecified atom stereocenters. The topological polar surface area (TPSA) is 83.5 Å². The molecule has 15 heavy (non-hydrogen) atoms. The van der Waals surface area contributed by atoms with Crippen LogP contribution in [0.4, 0.5) is 0 Å². The Morgan fingerprint density at radius 1 is 1.53 bits per heavy atom. The van der Waals surface area contributed by atoms with Crippen LogP contribution in [0.2, 0.25) is 0 Å². The minimum Gasteiger partial charge on any atom is -0.745 e. The van der Waals surface area contributed by atoms with E-state index >= 15 is 0 Å². The van der Waals surface area contributed by atoms with Gasteiger partial charge in [0, 0.05) is 5.57 Å². The Labute approximate surface area is 132 Å². The Bertz CT molecular complexity index is 348. The Morgan fingerprint density at radius 3 is 2.13 bits per heavy atom. The van der Waals surface area contributed by atoms with Crippen molar-refractivity contribution in [3.8, 4) is 0 Å². The average Bonchev–Trinajstić information content (AvgIpc) is 2.01. The molecule has 0 aromatic rings. The molecule has 0 fully saturated rings. The van der Waals surface area contributed by atoms with E-state index in [1.54, 1.807) is 0 Å². The molecule has 0 saturated carbocycles. The molecule has 7 heteroatoms. The maximum Gasteiger partial charge on any atom is 1.00 e. The molecule has 0 aromatic carbocycles. The van der Waals surface area contributed by atoms with Gasteiger partial charge in [-0.25, -0.2) is 13.2 Å². The van der Waals surface area contributed by atoms with E-state index in [9.17, 15) is 17.8 Å². The molecule has 0 saturated heterocycles. The van der Waals surface area contributed by atoms with Crippen LogP contribution in [0.15, 0.2) is 12.2 Å². The van der Waals surface area contributed by atoms with Crippen molar-refractivity contribution in [1.29, 1.82) is 0 Å². The summed E-state index contributed by atoms with van der Waals surface area (Å²) in [6.45, 7) is 7.17. The zero-order valence-corrected chi connectivity index (χ0v) is 13.3. The van der Waals surface area contributed by atoms with Crippen molar-refractivity contribution in [2.75, 3.05) is 0 Å². The Morgan fingerprint density at radius 2 is 1.93 bits per heavy atom. The first-order valence-electron chi connectivity index (χ1n) is 3.98. The van der Waals surface area contributed by atoms with E-state index in [1.807, 2.05) is 0 Å². The minimum atomic E-state index is -4.68. The van der Waals surface area contributed by atoms with Crippen molar-refractivity contribution in [1.82, 2.24) is 0 Å². The van der Waals surface area contributed by atoms with Gasteiger partial charge in [0.2, 0.25) is 0 Å². The van der Waals surface area contributed by atoms with Crippen LogP contribution < -0.4 is 51.4 Å². The number of rotatable bonds is 4. The summed E-state index contributed by atoms with van der Waals surface area (Å²) in [6.07, 6.45) is -0.0994. The van der Waals surface area contributed by atoms with Crippen LogP contribution in [0.5, 0.6) is 0 Å². The van der Waals surface area contributed by atoms with Crippen molar-refractivity contribution < 1.29 is 73.9 Å². The molecule has 0 radical (unpaired) electrons. The monoisotopic (exact) mass is 260 g/mol. The van der Waals surface area contributed by atoms with Gasteiger partial charge in [-0.1, -0.05) is 13.5 Å². The smallest absolute Gasteiger partial charge is 0.745 e. The van der Waals surface area contributed by atoms with Crippen LogP contribution in [0, 0.1) is 0 Å². The van der Waals surface area contributed by atoms with Crippen LogP contribution in [0.25, 0.3) is 0 Å². The molecule has 0 spiro atoms. The van der Waals surface area contributed by atoms with Gasteiger partial charge in [-0.2, -0.15) is 0 Å². The zero-order valence-electron chi connectivity index (χ0n) is 9.36. The van der Waals surface area contributed by atoms with Crippen molar-refractivity contribution in [2.45, 2.75) is 32.1 Å². The molecule has 0 aliphatic carbocycles. The summed E-state index contributed by atoms with van der Waals surface area (Å²) >= 11 is 0. The number of carbonyl (C=O) groups is 1. The molecule has 5 nitrogen and oxygen atoms in total. The Kier molecular flexibility index (Phi) is 7.83. The van der Waals surface area contributed by atoms with Gasteiger partial charge in [0.15, 0.2) is 4.93 Å². The molecular weight excluding hydrogens is 247 g/mol. The normalized spacial score (nSPS) is 14.7. The summed E-state index contributed by atoms with van der Waals surface area (Å²) in [6, 6.07) is 0. The summed E-state index contributed by atoms with van der Waals surface area (Å²) in [7, 11) is -4.68. The molecule has 1 atom stereocenters. The molecule has 0 heterocycles. The SMILES string of the molecule is C=C(C)C(=O)OC(C)(CC)S(=O)(=O)[O-].[K+]. The van der Waals surface area contributed by atoms with Gasteiger partial charge in [0.05, 0.1) is 0 Å². The van der Waals surface area contributed by atoms with E-state index in [0.717, 1.165) is 6.92 Å². The van der Waals surface area contributed by atoms with Crippen molar-refractivity contribution >= 4 is 16.1 Å². The van der Waals surface area contributed by atoms with Gasteiger partial charge < -0.3 is 9.29 Å². The number of esters is 1. The van der Waals surface area contributed by atoms with E-state index < -0.39 is 21.0 Å². The fourth-order valence-corrected chi connectivity index (χ4v) is 1.11. The standard InChI is InChI=1S/C8H14O5S.K/c1-5-8(4,14(10,11)12)13-7(9)6(2)3;/h2,5H2,1,3-4H3,(H,10,11,12);/q;+1/p-1. The fraction of sp³-hybridized carbons (Fsp3) is 0.625. The van der Waals surface area contributed by atoms with Crippen molar-refractivity contribution in [3.05, 3.63) is 12.2 Å². The minimum absolute atomic E-state index is 0. The van der Waals surface area contributed by atoms with E-state index in [4.69, 9.17) is 0 Å². The van der Waals surface area contributed by atoms with Gasteiger partial charge in [-0.15, -0.1) is 0 Å². The van der Waals surface area contributed by atoms with Gasteiger partial charge in [0.25, 0.3) is 0 Å². The predicted molar refractivity (Wildman–Crippen MR) is 49.3 cm³/mol. The quantitative estimate of drug-likeness (QED) is 0.247. The number of hydrogen-bond acceptors (Lipinski definition) is 5. The van der Waals surface area contributed by atoms with Gasteiger partial charge >= 0.3 is 57.4 Å². The van der Waals surface area contributed by atoms with E-state index in [0.29, 0.717) is 0 Å². The van der Waals surface area contributed by atoms with Crippen LogP contribution in [0.1, 0.15) is 27.2 Å². The van der Waals surface area contributed by atoms with Crippen molar-refractivity contribution in [3.63, 3.8) is 0 Å². The Hall–Kier alpha value is 0.756. The molecule has 82 valence electrons. The third-order valence-electron chi connectivity index (χ3n) is 1.83. The van der Waals surface area contributed by atoms with E-state index in [-0.39, 0.29) is 63.4 Å². The van der Waals surface area contributed by atoms with Gasteiger partial charge in [-0.3, -0.25) is 0 Å². The van der Waals surface area contributed by atoms with Crippen LogP contribution >= 0.6 is 0 Å². The molecular formula is C8H13KO5S. The summed E-state index contributed by atoms with van der Waals surface area (Å²) in [5.74, 6) is -0.881. The van der Waals surface area contributed by atoms with Crippen LogP contribution in [-0.4, -0.2) is 23.9 Å². The first-order chi connectivity index (χ1) is 6.14. The molecule has 0 aliphatic rings. The zero-order chi connectivity index (χ0) is 11.6. The maximum atomic E-state index is 11.0. The third kappa shape index (κ3) is 5.07. The average molecular weight is 260 g/mol. The van der Waals surface area contributed by atoms with E-state index in [2.05, 4.69) is 11.3 Å². The van der Waals surface area contributed by atoms with Gasteiger partial charge in [-0.05, 0) is 20.3 Å². The third-order valence-corrected chi connectivity index (χ3v) is 3.26. The second-order valence-corrected chi connectivity index (χ2v) is 4.88. The predicted octanol–water partition coefficient (Wildman–Crippen LogP) is -2.22. The maximum absolute atomic E-state index is 11.0. The summed E-state index contributed by atoms with van der Waals surface area (Å²) in [4.78, 5) is 9.03. The molecule has 0 bridgehead atoms. The number of carbonyl (C=O) groups excluding carboxylic acids is 1. The Balaban J connectivity index is 0. The molecule has 0 N–H and O–H groups in total. The second kappa shape index (κ2) is 6.48. The first kappa shape index (κ1) is 18.1. The summed E-state index contributed by atoms with van der Waals surface area (Å²) < 4.78 is 36.9. The number of hydrogen-bond donors (Lipinski definition) is 0. The van der Waals surface area contributed by atoms with Crippen LogP contribution in [0.3, 0.4) is 0 Å². The number of ether oxygens (including phenoxy) is 1. The van der Waals surface area contributed by atoms with E-state index in [1.165, 1.54) is 13.8 Å². The van der Waals surface area contributed by atoms with Gasteiger partial charge in [0.1, 0.15) is 10.1 Å². The van der Waals surface area contributed by atoms with Crippen LogP contribution in [-0.2, 0) is 19.6 Å². The molecule has 0 rings (SSSR count). The van der Waals surface area contributed by atoms with Crippen molar-refractivity contribution in [2.24, 2.45) is 0 Å².